The topological polar surface area (TPSA) is 158 Å². The number of amides is 1. The number of sulfonamides is 1. The van der Waals surface area contributed by atoms with Gasteiger partial charge in [-0.1, -0.05) is 11.3 Å². The van der Waals surface area contributed by atoms with Crippen LogP contribution in [0, 0.1) is 6.92 Å². The summed E-state index contributed by atoms with van der Waals surface area (Å²) in [5.74, 6) is -3.18. The molecule has 3 aromatic rings. The number of thiazole rings is 1. The lowest BCUT2D eigenvalue weighted by atomic mass is 10.2. The Kier molecular flexibility index (Phi) is 5.33. The number of carbonyl (C=O) groups excluding carboxylic acids is 1. The van der Waals surface area contributed by atoms with E-state index in [4.69, 9.17) is 5.11 Å². The largest absolute Gasteiger partial charge is 0.492 e. The molecule has 3 aromatic heterocycles. The van der Waals surface area contributed by atoms with Crippen LogP contribution in [0.2, 0.25) is 0 Å². The van der Waals surface area contributed by atoms with Gasteiger partial charge in [0.05, 0.1) is 6.54 Å². The number of aliphatic carboxylic acids is 1. The van der Waals surface area contributed by atoms with Gasteiger partial charge in [-0.15, -0.1) is 11.3 Å². The van der Waals surface area contributed by atoms with Crippen molar-refractivity contribution < 1.29 is 28.2 Å². The van der Waals surface area contributed by atoms with E-state index in [0.29, 0.717) is 10.6 Å². The zero-order valence-electron chi connectivity index (χ0n) is 16.0. The van der Waals surface area contributed by atoms with Gasteiger partial charge in [0.1, 0.15) is 10.8 Å². The summed E-state index contributed by atoms with van der Waals surface area (Å²) in [4.78, 5) is 41.2. The van der Waals surface area contributed by atoms with Crippen molar-refractivity contribution in [2.45, 2.75) is 24.1 Å². The Morgan fingerprint density at radius 1 is 1.29 bits per heavy atom. The molecule has 0 saturated heterocycles. The van der Waals surface area contributed by atoms with Gasteiger partial charge in [0, 0.05) is 28.4 Å². The number of carboxylic acids is 1. The molecule has 0 aliphatic carbocycles. The predicted octanol–water partition coefficient (Wildman–Crippen LogP) is 0.393. The highest BCUT2D eigenvalue weighted by molar-refractivity contribution is 7.91. The van der Waals surface area contributed by atoms with Crippen molar-refractivity contribution in [3.05, 3.63) is 43.5 Å². The van der Waals surface area contributed by atoms with E-state index in [1.807, 2.05) is 12.2 Å². The van der Waals surface area contributed by atoms with Crippen LogP contribution in [0.25, 0.3) is 4.96 Å². The number of hydrogen-bond donors (Lipinski definition) is 3. The number of nitrogens with one attached hydrogen (secondary N) is 1. The Bertz CT molecular complexity index is 1390. The van der Waals surface area contributed by atoms with Crippen molar-refractivity contribution in [1.82, 2.24) is 19.0 Å². The van der Waals surface area contributed by atoms with Crippen LogP contribution in [0.4, 0.5) is 0 Å². The maximum Gasteiger partial charge on any atom is 0.322 e. The molecule has 164 valence electrons. The molecule has 4 rings (SSSR count). The summed E-state index contributed by atoms with van der Waals surface area (Å²) in [5.41, 5.74) is -0.991. The number of carboxylic acid groups (broad SMARTS) is 1. The molecular weight excluding hydrogens is 468 g/mol. The Morgan fingerprint density at radius 3 is 2.68 bits per heavy atom. The van der Waals surface area contributed by atoms with Gasteiger partial charge in [0.15, 0.2) is 10.5 Å². The number of nitrogens with zero attached hydrogens (tertiary/aromatic N) is 3. The molecule has 0 spiro atoms. The van der Waals surface area contributed by atoms with E-state index >= 15 is 0 Å². The van der Waals surface area contributed by atoms with Crippen LogP contribution in [0.15, 0.2) is 21.1 Å². The first kappa shape index (κ1) is 21.4. The summed E-state index contributed by atoms with van der Waals surface area (Å²) in [6.07, 6.45) is 0.210. The standard InChI is InChI=1S/C17H16N4O7S3/c1-8-2-3-12(29-8)31(27,28)20-5-4-9-10(7-20)30-17-19-15(25)13(16(26)21(9)17)14(24)18-6-11(22)23/h2-3,25H,4-7H2,1H3,(H,18,24)(H,22,23). The maximum atomic E-state index is 12.9. The van der Waals surface area contributed by atoms with Crippen LogP contribution < -0.4 is 10.9 Å². The molecule has 0 fully saturated rings. The zero-order valence-corrected chi connectivity index (χ0v) is 18.4. The highest BCUT2D eigenvalue weighted by Crippen LogP contribution is 2.32. The number of fused-ring (bicyclic) bond motifs is 3. The van der Waals surface area contributed by atoms with Crippen LogP contribution in [0.3, 0.4) is 0 Å². The lowest BCUT2D eigenvalue weighted by Crippen LogP contribution is -2.37. The third-order valence-electron chi connectivity index (χ3n) is 4.69. The summed E-state index contributed by atoms with van der Waals surface area (Å²) >= 11 is 2.23. The Hall–Kier alpha value is -2.81. The van der Waals surface area contributed by atoms with E-state index in [2.05, 4.69) is 4.98 Å². The highest BCUT2D eigenvalue weighted by atomic mass is 32.2. The fourth-order valence-corrected chi connectivity index (χ4v) is 7.36. The summed E-state index contributed by atoms with van der Waals surface area (Å²) in [6, 6.07) is 3.29. The minimum absolute atomic E-state index is 0.0311. The van der Waals surface area contributed by atoms with E-state index in [1.54, 1.807) is 12.1 Å². The molecule has 3 N–H and O–H groups in total. The van der Waals surface area contributed by atoms with Gasteiger partial charge in [-0.2, -0.15) is 9.29 Å². The lowest BCUT2D eigenvalue weighted by molar-refractivity contribution is -0.135. The monoisotopic (exact) mass is 484 g/mol. The van der Waals surface area contributed by atoms with E-state index in [9.17, 15) is 27.9 Å². The molecule has 0 aromatic carbocycles. The number of aromatic hydroxyl groups is 1. The first-order valence-corrected chi connectivity index (χ1v) is 12.0. The quantitative estimate of drug-likeness (QED) is 0.469. The van der Waals surface area contributed by atoms with Crippen LogP contribution in [-0.2, 0) is 27.8 Å². The van der Waals surface area contributed by atoms with Crippen LogP contribution in [-0.4, -0.2) is 57.3 Å². The molecular formula is C17H16N4O7S3. The van der Waals surface area contributed by atoms with Gasteiger partial charge in [-0.25, -0.2) is 8.42 Å². The summed E-state index contributed by atoms with van der Waals surface area (Å²) in [6.45, 7) is 1.26. The lowest BCUT2D eigenvalue weighted by Gasteiger charge is -2.25. The molecule has 1 amide bonds. The van der Waals surface area contributed by atoms with Crippen molar-refractivity contribution in [1.29, 1.82) is 0 Å². The second-order valence-electron chi connectivity index (χ2n) is 6.74. The normalized spacial score (nSPS) is 14.5. The number of rotatable bonds is 5. The zero-order chi connectivity index (χ0) is 22.5. The molecule has 4 heterocycles. The third-order valence-corrected chi connectivity index (χ3v) is 9.08. The van der Waals surface area contributed by atoms with Gasteiger partial charge in [0.2, 0.25) is 5.88 Å². The molecule has 0 bridgehead atoms. The summed E-state index contributed by atoms with van der Waals surface area (Å²) in [5, 5.41) is 20.8. The Labute approximate surface area is 183 Å². The van der Waals surface area contributed by atoms with Crippen molar-refractivity contribution in [2.75, 3.05) is 13.1 Å². The van der Waals surface area contributed by atoms with E-state index < -0.39 is 45.4 Å². The molecule has 1 aliphatic rings. The molecule has 0 radical (unpaired) electrons. The fraction of sp³-hybridized carbons (Fsp3) is 0.294. The second-order valence-corrected chi connectivity index (χ2v) is 11.3. The Balaban J connectivity index is 1.73. The SMILES string of the molecule is Cc1ccc(S(=O)(=O)N2CCc3c(sc4nc(O)c(C(=O)NCC(=O)O)c(=O)n34)C2)s1. The summed E-state index contributed by atoms with van der Waals surface area (Å²) in [7, 11) is -3.70. The van der Waals surface area contributed by atoms with Gasteiger partial charge < -0.3 is 15.5 Å². The van der Waals surface area contributed by atoms with Crippen LogP contribution >= 0.6 is 22.7 Å². The maximum absolute atomic E-state index is 12.9. The third kappa shape index (κ3) is 3.71. The molecule has 11 nitrogen and oxygen atoms in total. The van der Waals surface area contributed by atoms with Crippen molar-refractivity contribution in [3.8, 4) is 5.88 Å². The number of aryl methyl sites for hydroxylation is 1. The van der Waals surface area contributed by atoms with E-state index in [1.165, 1.54) is 20.0 Å². The molecule has 1 aliphatic heterocycles. The number of carbonyl (C=O) groups is 2. The van der Waals surface area contributed by atoms with Gasteiger partial charge >= 0.3 is 5.97 Å². The smallest absolute Gasteiger partial charge is 0.322 e. The van der Waals surface area contributed by atoms with Crippen LogP contribution in [0.5, 0.6) is 5.88 Å². The fourth-order valence-electron chi connectivity index (χ4n) is 3.26. The van der Waals surface area contributed by atoms with Crippen molar-refractivity contribution in [3.63, 3.8) is 0 Å². The van der Waals surface area contributed by atoms with Crippen molar-refractivity contribution in [2.24, 2.45) is 0 Å². The average molecular weight is 485 g/mol. The summed E-state index contributed by atoms with van der Waals surface area (Å²) < 4.78 is 28.6. The first-order valence-electron chi connectivity index (χ1n) is 8.92. The van der Waals surface area contributed by atoms with E-state index in [0.717, 1.165) is 16.2 Å². The van der Waals surface area contributed by atoms with Crippen LogP contribution in [0.1, 0.15) is 25.8 Å². The minimum Gasteiger partial charge on any atom is -0.492 e. The van der Waals surface area contributed by atoms with Gasteiger partial charge in [0.25, 0.3) is 21.5 Å². The Morgan fingerprint density at radius 2 is 2.03 bits per heavy atom. The second kappa shape index (κ2) is 7.71. The van der Waals surface area contributed by atoms with Gasteiger partial charge in [-0.05, 0) is 19.1 Å². The molecule has 14 heteroatoms. The molecule has 31 heavy (non-hydrogen) atoms. The molecule has 0 atom stereocenters. The number of hydrogen-bond acceptors (Lipinski definition) is 9. The number of aromatic nitrogens is 2. The first-order chi connectivity index (χ1) is 14.6. The molecule has 0 saturated carbocycles. The highest BCUT2D eigenvalue weighted by Gasteiger charge is 2.33. The van der Waals surface area contributed by atoms with E-state index in [-0.39, 0.29) is 28.7 Å². The average Bonchev–Trinajstić information content (AvgIpc) is 3.29. The number of thiophene rings is 1. The van der Waals surface area contributed by atoms with Crippen molar-refractivity contribution >= 4 is 49.5 Å². The minimum atomic E-state index is -3.70. The van der Waals surface area contributed by atoms with Gasteiger partial charge in [-0.3, -0.25) is 18.8 Å². The predicted molar refractivity (Wildman–Crippen MR) is 111 cm³/mol. The molecule has 0 unspecified atom stereocenters.